The van der Waals surface area contributed by atoms with Crippen LogP contribution in [0, 0.1) is 5.92 Å². The molecule has 1 aromatic rings. The Bertz CT molecular complexity index is 616. The molecule has 0 aromatic heterocycles. The first-order chi connectivity index (χ1) is 12.7. The lowest BCUT2D eigenvalue weighted by Crippen LogP contribution is -2.40. The minimum absolute atomic E-state index is 0.238. The summed E-state index contributed by atoms with van der Waals surface area (Å²) in [6.07, 6.45) is 4.72. The first-order valence-corrected chi connectivity index (χ1v) is 9.54. The number of hydrogen-bond donors (Lipinski definition) is 0. The standard InChI is InChI=1S/C20H27NO5/c1-23-19(22)16-13-21(12-15-8-4-2-5-9-15)26-18(16)17-14-24-20(25-17)10-6-3-7-11-20/h2,4-5,8-9,16-18H,3,6-7,10-14H2,1H3/t16-,17-,18-/m1/s1. The fourth-order valence-electron chi connectivity index (χ4n) is 4.28. The molecule has 2 aliphatic heterocycles. The summed E-state index contributed by atoms with van der Waals surface area (Å²) in [5.41, 5.74) is 1.14. The number of carbonyl (C=O) groups excluding carboxylic acids is 1. The second-order valence-electron chi connectivity index (χ2n) is 7.45. The summed E-state index contributed by atoms with van der Waals surface area (Å²) in [5, 5.41) is 1.84. The second-order valence-corrected chi connectivity index (χ2v) is 7.45. The number of hydroxylamine groups is 2. The van der Waals surface area contributed by atoms with Gasteiger partial charge in [0.15, 0.2) is 5.79 Å². The van der Waals surface area contributed by atoms with Gasteiger partial charge in [0.25, 0.3) is 0 Å². The summed E-state index contributed by atoms with van der Waals surface area (Å²) in [6.45, 7) is 1.60. The monoisotopic (exact) mass is 361 g/mol. The smallest absolute Gasteiger partial charge is 0.312 e. The molecule has 3 atom stereocenters. The third-order valence-corrected chi connectivity index (χ3v) is 5.63. The first-order valence-electron chi connectivity index (χ1n) is 9.54. The zero-order valence-electron chi connectivity index (χ0n) is 15.3. The molecule has 0 radical (unpaired) electrons. The molecule has 0 unspecified atom stereocenters. The molecule has 4 rings (SSSR count). The van der Waals surface area contributed by atoms with E-state index in [2.05, 4.69) is 12.1 Å². The number of nitrogens with zero attached hydrogens (tertiary/aromatic N) is 1. The summed E-state index contributed by atoms with van der Waals surface area (Å²) in [7, 11) is 1.42. The summed E-state index contributed by atoms with van der Waals surface area (Å²) in [5.74, 6) is -1.09. The number of rotatable bonds is 4. The van der Waals surface area contributed by atoms with E-state index in [1.807, 2.05) is 23.3 Å². The van der Waals surface area contributed by atoms with E-state index in [4.69, 9.17) is 19.0 Å². The molecule has 26 heavy (non-hydrogen) atoms. The van der Waals surface area contributed by atoms with Crippen LogP contribution in [0.2, 0.25) is 0 Å². The fraction of sp³-hybridized carbons (Fsp3) is 0.650. The Labute approximate surface area is 154 Å². The Morgan fingerprint density at radius 3 is 2.73 bits per heavy atom. The van der Waals surface area contributed by atoms with Crippen molar-refractivity contribution in [2.24, 2.45) is 5.92 Å². The van der Waals surface area contributed by atoms with E-state index in [0.717, 1.165) is 31.2 Å². The number of benzene rings is 1. The maximum Gasteiger partial charge on any atom is 0.312 e. The van der Waals surface area contributed by atoms with Gasteiger partial charge in [-0.15, -0.1) is 0 Å². The van der Waals surface area contributed by atoms with Crippen molar-refractivity contribution < 1.29 is 23.8 Å². The van der Waals surface area contributed by atoms with Crippen molar-refractivity contribution in [3.63, 3.8) is 0 Å². The van der Waals surface area contributed by atoms with Gasteiger partial charge >= 0.3 is 5.97 Å². The average Bonchev–Trinajstić information content (AvgIpc) is 3.27. The Morgan fingerprint density at radius 1 is 1.23 bits per heavy atom. The number of ether oxygens (including phenoxy) is 3. The van der Waals surface area contributed by atoms with E-state index in [9.17, 15) is 4.79 Å². The predicted molar refractivity (Wildman–Crippen MR) is 93.9 cm³/mol. The minimum atomic E-state index is -0.472. The Hall–Kier alpha value is -1.47. The predicted octanol–water partition coefficient (Wildman–Crippen LogP) is 2.67. The van der Waals surface area contributed by atoms with Crippen molar-refractivity contribution in [1.82, 2.24) is 5.06 Å². The van der Waals surface area contributed by atoms with Crippen molar-refractivity contribution >= 4 is 5.97 Å². The molecule has 142 valence electrons. The summed E-state index contributed by atoms with van der Waals surface area (Å²) >= 11 is 0. The van der Waals surface area contributed by atoms with Crippen LogP contribution in [-0.4, -0.2) is 49.3 Å². The molecule has 0 amide bonds. The molecule has 3 aliphatic rings. The van der Waals surface area contributed by atoms with Crippen LogP contribution in [0.4, 0.5) is 0 Å². The largest absolute Gasteiger partial charge is 0.469 e. The number of hydrogen-bond acceptors (Lipinski definition) is 6. The van der Waals surface area contributed by atoms with Crippen LogP contribution in [0.5, 0.6) is 0 Å². The van der Waals surface area contributed by atoms with E-state index in [1.165, 1.54) is 13.5 Å². The highest BCUT2D eigenvalue weighted by Crippen LogP contribution is 2.41. The lowest BCUT2D eigenvalue weighted by Gasteiger charge is -2.32. The zero-order chi connectivity index (χ0) is 18.0. The summed E-state index contributed by atoms with van der Waals surface area (Å²) < 4.78 is 17.4. The number of methoxy groups -OCH3 is 1. The van der Waals surface area contributed by atoms with Crippen LogP contribution in [0.1, 0.15) is 37.7 Å². The molecule has 2 saturated heterocycles. The van der Waals surface area contributed by atoms with Crippen molar-refractivity contribution in [2.45, 2.75) is 56.6 Å². The fourth-order valence-corrected chi connectivity index (χ4v) is 4.28. The van der Waals surface area contributed by atoms with Gasteiger partial charge in [-0.3, -0.25) is 9.63 Å². The highest BCUT2D eigenvalue weighted by atomic mass is 16.8. The average molecular weight is 361 g/mol. The van der Waals surface area contributed by atoms with Gasteiger partial charge < -0.3 is 14.2 Å². The summed E-state index contributed by atoms with van der Waals surface area (Å²) in [6, 6.07) is 10.1. The second kappa shape index (κ2) is 7.64. The van der Waals surface area contributed by atoms with Gasteiger partial charge in [0.1, 0.15) is 18.1 Å². The van der Waals surface area contributed by atoms with Crippen LogP contribution in [0.15, 0.2) is 30.3 Å². The third-order valence-electron chi connectivity index (χ3n) is 5.63. The molecule has 6 heteroatoms. The molecular formula is C20H27NO5. The van der Waals surface area contributed by atoms with Gasteiger partial charge in [0.2, 0.25) is 0 Å². The maximum atomic E-state index is 12.3. The van der Waals surface area contributed by atoms with E-state index in [1.54, 1.807) is 0 Å². The Morgan fingerprint density at radius 2 is 2.00 bits per heavy atom. The van der Waals surface area contributed by atoms with Crippen LogP contribution >= 0.6 is 0 Å². The molecule has 1 saturated carbocycles. The lowest BCUT2D eigenvalue weighted by molar-refractivity contribution is -0.222. The van der Waals surface area contributed by atoms with Gasteiger partial charge in [-0.1, -0.05) is 36.8 Å². The number of esters is 1. The highest BCUT2D eigenvalue weighted by Gasteiger charge is 2.51. The molecule has 1 aliphatic carbocycles. The molecular weight excluding hydrogens is 334 g/mol. The molecule has 0 N–H and O–H groups in total. The van der Waals surface area contributed by atoms with Gasteiger partial charge in [-0.2, -0.15) is 5.06 Å². The third kappa shape index (κ3) is 3.64. The quantitative estimate of drug-likeness (QED) is 0.769. The van der Waals surface area contributed by atoms with Gasteiger partial charge in [-0.05, 0) is 18.4 Å². The van der Waals surface area contributed by atoms with E-state index in [0.29, 0.717) is 19.7 Å². The van der Waals surface area contributed by atoms with Gasteiger partial charge in [0.05, 0.1) is 13.7 Å². The van der Waals surface area contributed by atoms with Crippen molar-refractivity contribution in [3.8, 4) is 0 Å². The van der Waals surface area contributed by atoms with E-state index in [-0.39, 0.29) is 24.1 Å². The van der Waals surface area contributed by atoms with Gasteiger partial charge in [-0.25, -0.2) is 0 Å². The topological polar surface area (TPSA) is 57.2 Å². The molecule has 0 bridgehead atoms. The maximum absolute atomic E-state index is 12.3. The van der Waals surface area contributed by atoms with Crippen molar-refractivity contribution in [2.75, 3.05) is 20.3 Å². The molecule has 3 fully saturated rings. The number of carbonyl (C=O) groups is 1. The van der Waals surface area contributed by atoms with Crippen LogP contribution in [-0.2, 0) is 30.4 Å². The first kappa shape index (κ1) is 17.9. The zero-order valence-corrected chi connectivity index (χ0v) is 15.3. The van der Waals surface area contributed by atoms with Gasteiger partial charge in [0, 0.05) is 25.9 Å². The van der Waals surface area contributed by atoms with Crippen LogP contribution < -0.4 is 0 Å². The molecule has 6 nitrogen and oxygen atoms in total. The lowest BCUT2D eigenvalue weighted by atomic mass is 9.94. The molecule has 2 heterocycles. The van der Waals surface area contributed by atoms with E-state index < -0.39 is 5.79 Å². The molecule has 1 aromatic carbocycles. The van der Waals surface area contributed by atoms with E-state index >= 15 is 0 Å². The van der Waals surface area contributed by atoms with Crippen LogP contribution in [0.3, 0.4) is 0 Å². The van der Waals surface area contributed by atoms with Crippen molar-refractivity contribution in [3.05, 3.63) is 35.9 Å². The SMILES string of the molecule is COC(=O)[C@@H]1CN(Cc2ccccc2)O[C@H]1[C@H]1COC2(CCCCC2)O1. The Balaban J connectivity index is 1.45. The van der Waals surface area contributed by atoms with Crippen molar-refractivity contribution in [1.29, 1.82) is 0 Å². The minimum Gasteiger partial charge on any atom is -0.469 e. The Kier molecular flexibility index (Phi) is 5.27. The normalized spacial score (nSPS) is 31.3. The highest BCUT2D eigenvalue weighted by molar-refractivity contribution is 5.73. The van der Waals surface area contributed by atoms with Crippen LogP contribution in [0.25, 0.3) is 0 Å². The molecule has 1 spiro atoms. The summed E-state index contributed by atoms with van der Waals surface area (Å²) in [4.78, 5) is 18.5.